The molecule has 3 rings (SSSR count). The number of halogens is 2. The zero-order chi connectivity index (χ0) is 20.8. The van der Waals surface area contributed by atoms with Crippen molar-refractivity contribution in [1.29, 1.82) is 0 Å². The standard InChI is InChI=1S/C21H22Br2N2O4/c1-13-9-15(22)10-18(23)20(13)29-12-19(26)25-16-6-4-14(5-7-16)21(27)24-11-17-3-2-8-28-17/h4-7,9-10,17H,2-3,8,11-12H2,1H3,(H,24,27)(H,25,26). The van der Waals surface area contributed by atoms with Gasteiger partial charge in [-0.15, -0.1) is 0 Å². The zero-order valence-electron chi connectivity index (χ0n) is 16.0. The van der Waals surface area contributed by atoms with Crippen molar-refractivity contribution in [1.82, 2.24) is 5.32 Å². The summed E-state index contributed by atoms with van der Waals surface area (Å²) < 4.78 is 12.8. The molecule has 1 aliphatic rings. The molecule has 0 aliphatic carbocycles. The Kier molecular flexibility index (Phi) is 7.69. The Balaban J connectivity index is 1.48. The van der Waals surface area contributed by atoms with E-state index in [1.807, 2.05) is 19.1 Å². The second-order valence-corrected chi connectivity index (χ2v) is 8.56. The molecule has 1 saturated heterocycles. The van der Waals surface area contributed by atoms with Crippen LogP contribution in [0.1, 0.15) is 28.8 Å². The van der Waals surface area contributed by atoms with Crippen molar-refractivity contribution in [2.45, 2.75) is 25.9 Å². The highest BCUT2D eigenvalue weighted by atomic mass is 79.9. The van der Waals surface area contributed by atoms with Gasteiger partial charge in [0, 0.05) is 28.9 Å². The fraction of sp³-hybridized carbons (Fsp3) is 0.333. The number of hydrogen-bond donors (Lipinski definition) is 2. The van der Waals surface area contributed by atoms with E-state index in [-0.39, 0.29) is 24.5 Å². The first kappa shape index (κ1) is 21.8. The van der Waals surface area contributed by atoms with Crippen LogP contribution in [0.25, 0.3) is 0 Å². The van der Waals surface area contributed by atoms with Crippen molar-refractivity contribution in [2.24, 2.45) is 0 Å². The molecule has 2 amide bonds. The zero-order valence-corrected chi connectivity index (χ0v) is 19.1. The first-order valence-electron chi connectivity index (χ1n) is 9.30. The van der Waals surface area contributed by atoms with E-state index in [4.69, 9.17) is 9.47 Å². The molecule has 1 heterocycles. The van der Waals surface area contributed by atoms with E-state index < -0.39 is 0 Å². The van der Waals surface area contributed by atoms with Crippen LogP contribution in [0.3, 0.4) is 0 Å². The van der Waals surface area contributed by atoms with Crippen molar-refractivity contribution in [2.75, 3.05) is 25.1 Å². The van der Waals surface area contributed by atoms with Crippen molar-refractivity contribution >= 4 is 49.4 Å². The average Bonchev–Trinajstić information content (AvgIpc) is 3.19. The number of aryl methyl sites for hydroxylation is 1. The number of rotatable bonds is 7. The van der Waals surface area contributed by atoms with Crippen LogP contribution in [0.5, 0.6) is 5.75 Å². The van der Waals surface area contributed by atoms with Crippen molar-refractivity contribution in [3.63, 3.8) is 0 Å². The number of amides is 2. The summed E-state index contributed by atoms with van der Waals surface area (Å²) in [6, 6.07) is 10.5. The van der Waals surface area contributed by atoms with E-state index in [1.54, 1.807) is 24.3 Å². The molecule has 154 valence electrons. The monoisotopic (exact) mass is 524 g/mol. The Morgan fingerprint density at radius 3 is 2.62 bits per heavy atom. The summed E-state index contributed by atoms with van der Waals surface area (Å²) in [5.74, 6) is 0.189. The Morgan fingerprint density at radius 1 is 1.21 bits per heavy atom. The number of ether oxygens (including phenoxy) is 2. The van der Waals surface area contributed by atoms with Gasteiger partial charge >= 0.3 is 0 Å². The summed E-state index contributed by atoms with van der Waals surface area (Å²) in [5.41, 5.74) is 2.05. The van der Waals surface area contributed by atoms with Crippen molar-refractivity contribution < 1.29 is 19.1 Å². The topological polar surface area (TPSA) is 76.7 Å². The Hall–Kier alpha value is -1.90. The predicted molar refractivity (Wildman–Crippen MR) is 118 cm³/mol. The fourth-order valence-electron chi connectivity index (χ4n) is 3.03. The smallest absolute Gasteiger partial charge is 0.262 e. The second kappa shape index (κ2) is 10.2. The van der Waals surface area contributed by atoms with Gasteiger partial charge in [-0.3, -0.25) is 9.59 Å². The maximum atomic E-state index is 12.2. The van der Waals surface area contributed by atoms with Gasteiger partial charge in [-0.1, -0.05) is 15.9 Å². The SMILES string of the molecule is Cc1cc(Br)cc(Br)c1OCC(=O)Nc1ccc(C(=O)NCC2CCCO2)cc1. The Morgan fingerprint density at radius 2 is 1.97 bits per heavy atom. The highest BCUT2D eigenvalue weighted by Gasteiger charge is 2.16. The molecule has 6 nitrogen and oxygen atoms in total. The Labute approximate surface area is 186 Å². The molecule has 2 aromatic rings. The largest absolute Gasteiger partial charge is 0.482 e. The van der Waals surface area contributed by atoms with E-state index in [0.29, 0.717) is 23.5 Å². The maximum Gasteiger partial charge on any atom is 0.262 e. The van der Waals surface area contributed by atoms with Crippen LogP contribution in [0.4, 0.5) is 5.69 Å². The lowest BCUT2D eigenvalue weighted by atomic mass is 10.2. The highest BCUT2D eigenvalue weighted by molar-refractivity contribution is 9.11. The summed E-state index contributed by atoms with van der Waals surface area (Å²) in [4.78, 5) is 24.4. The van der Waals surface area contributed by atoms with Gasteiger partial charge in [0.1, 0.15) is 5.75 Å². The van der Waals surface area contributed by atoms with Gasteiger partial charge < -0.3 is 20.1 Å². The highest BCUT2D eigenvalue weighted by Crippen LogP contribution is 2.32. The molecule has 0 aromatic heterocycles. The molecule has 29 heavy (non-hydrogen) atoms. The lowest BCUT2D eigenvalue weighted by Crippen LogP contribution is -2.31. The van der Waals surface area contributed by atoms with Gasteiger partial charge in [0.15, 0.2) is 6.61 Å². The Bertz CT molecular complexity index is 858. The van der Waals surface area contributed by atoms with Gasteiger partial charge in [-0.25, -0.2) is 0 Å². The van der Waals surface area contributed by atoms with E-state index >= 15 is 0 Å². The summed E-state index contributed by atoms with van der Waals surface area (Å²) in [6.45, 7) is 3.06. The summed E-state index contributed by atoms with van der Waals surface area (Å²) in [6.07, 6.45) is 2.12. The van der Waals surface area contributed by atoms with Gasteiger partial charge in [0.05, 0.1) is 10.6 Å². The minimum atomic E-state index is -0.283. The van der Waals surface area contributed by atoms with Crippen LogP contribution in [0.15, 0.2) is 45.3 Å². The quantitative estimate of drug-likeness (QED) is 0.560. The fourth-order valence-corrected chi connectivity index (χ4v) is 4.58. The van der Waals surface area contributed by atoms with Crippen LogP contribution >= 0.6 is 31.9 Å². The van der Waals surface area contributed by atoms with E-state index in [0.717, 1.165) is 34.0 Å². The van der Waals surface area contributed by atoms with E-state index in [9.17, 15) is 9.59 Å². The average molecular weight is 526 g/mol. The molecule has 0 radical (unpaired) electrons. The van der Waals surface area contributed by atoms with Crippen molar-refractivity contribution in [3.8, 4) is 5.75 Å². The number of hydrogen-bond acceptors (Lipinski definition) is 4. The molecular weight excluding hydrogens is 504 g/mol. The third-order valence-electron chi connectivity index (χ3n) is 4.49. The second-order valence-electron chi connectivity index (χ2n) is 6.79. The number of nitrogens with one attached hydrogen (secondary N) is 2. The third kappa shape index (κ3) is 6.29. The van der Waals surface area contributed by atoms with E-state index in [1.165, 1.54) is 0 Å². The molecule has 1 fully saturated rings. The molecule has 0 bridgehead atoms. The first-order chi connectivity index (χ1) is 13.9. The molecule has 2 N–H and O–H groups in total. The van der Waals surface area contributed by atoms with Crippen LogP contribution < -0.4 is 15.4 Å². The molecule has 8 heteroatoms. The van der Waals surface area contributed by atoms with Crippen LogP contribution in [0, 0.1) is 6.92 Å². The third-order valence-corrected chi connectivity index (χ3v) is 5.53. The normalized spacial score (nSPS) is 15.8. The molecule has 1 unspecified atom stereocenters. The number of carbonyl (C=O) groups is 2. The van der Waals surface area contributed by atoms with Crippen molar-refractivity contribution in [3.05, 3.63) is 56.5 Å². The summed E-state index contributed by atoms with van der Waals surface area (Å²) >= 11 is 6.85. The van der Waals surface area contributed by atoms with Gasteiger partial charge in [-0.2, -0.15) is 0 Å². The molecular formula is C21H22Br2N2O4. The lowest BCUT2D eigenvalue weighted by molar-refractivity contribution is -0.118. The van der Waals surface area contributed by atoms with E-state index in [2.05, 4.69) is 42.5 Å². The maximum absolute atomic E-state index is 12.2. The van der Waals surface area contributed by atoms with Gasteiger partial charge in [0.25, 0.3) is 11.8 Å². The van der Waals surface area contributed by atoms with Gasteiger partial charge in [0.2, 0.25) is 0 Å². The van der Waals surface area contributed by atoms with Crippen LogP contribution in [-0.4, -0.2) is 37.7 Å². The molecule has 0 saturated carbocycles. The first-order valence-corrected chi connectivity index (χ1v) is 10.9. The predicted octanol–water partition coefficient (Wildman–Crippen LogP) is 4.45. The molecule has 1 atom stereocenters. The minimum Gasteiger partial charge on any atom is -0.482 e. The number of carbonyl (C=O) groups excluding carboxylic acids is 2. The summed E-state index contributed by atoms with van der Waals surface area (Å²) in [5, 5.41) is 5.64. The lowest BCUT2D eigenvalue weighted by Gasteiger charge is -2.12. The molecule has 1 aliphatic heterocycles. The summed E-state index contributed by atoms with van der Waals surface area (Å²) in [7, 11) is 0. The van der Waals surface area contributed by atoms with Gasteiger partial charge in [-0.05, 0) is 77.7 Å². The minimum absolute atomic E-state index is 0.104. The number of benzene rings is 2. The molecule has 2 aromatic carbocycles. The van der Waals surface area contributed by atoms with Crippen LogP contribution in [-0.2, 0) is 9.53 Å². The molecule has 0 spiro atoms. The number of anilines is 1. The van der Waals surface area contributed by atoms with Crippen LogP contribution in [0.2, 0.25) is 0 Å².